The molecule has 0 aliphatic rings. The van der Waals surface area contributed by atoms with Crippen LogP contribution in [0.5, 0.6) is 5.75 Å². The van der Waals surface area contributed by atoms with Crippen molar-refractivity contribution < 1.29 is 22.3 Å². The standard InChI is InChI=1S/C15H9ClF4N2O2/c16-8-1-6-11-12(7-8)22(14(23)21-11)9-2-4-10(5-3-9)24-15(19,20)13(17)18/h1-7,13H,(H,21,23). The Labute approximate surface area is 137 Å². The van der Waals surface area contributed by atoms with Crippen molar-refractivity contribution in [3.8, 4) is 11.4 Å². The van der Waals surface area contributed by atoms with Crippen LogP contribution in [0, 0.1) is 0 Å². The lowest BCUT2D eigenvalue weighted by molar-refractivity contribution is -0.253. The van der Waals surface area contributed by atoms with Crippen molar-refractivity contribution in [3.05, 3.63) is 58.0 Å². The lowest BCUT2D eigenvalue weighted by atomic mass is 10.2. The van der Waals surface area contributed by atoms with Crippen molar-refractivity contribution in [1.29, 1.82) is 0 Å². The fourth-order valence-corrected chi connectivity index (χ4v) is 2.36. The van der Waals surface area contributed by atoms with Gasteiger partial charge in [-0.25, -0.2) is 4.79 Å². The fourth-order valence-electron chi connectivity index (χ4n) is 2.20. The summed E-state index contributed by atoms with van der Waals surface area (Å²) in [6, 6.07) is 9.52. The number of aromatic nitrogens is 2. The van der Waals surface area contributed by atoms with Gasteiger partial charge in [0.1, 0.15) is 5.75 Å². The molecule has 1 heterocycles. The lowest BCUT2D eigenvalue weighted by Crippen LogP contribution is -2.33. The normalized spacial score (nSPS) is 12.1. The average Bonchev–Trinajstić information content (AvgIpc) is 2.83. The number of H-pyrrole nitrogens is 1. The minimum absolute atomic E-state index is 0.334. The number of fused-ring (bicyclic) bond motifs is 1. The molecule has 0 saturated carbocycles. The molecular formula is C15H9ClF4N2O2. The lowest BCUT2D eigenvalue weighted by Gasteiger charge is -2.16. The first-order valence-corrected chi connectivity index (χ1v) is 7.01. The van der Waals surface area contributed by atoms with Crippen LogP contribution in [0.2, 0.25) is 5.02 Å². The van der Waals surface area contributed by atoms with Gasteiger partial charge >= 0.3 is 18.2 Å². The predicted octanol–water partition coefficient (Wildman–Crippen LogP) is 4.21. The Hall–Kier alpha value is -2.48. The molecule has 0 unspecified atom stereocenters. The maximum Gasteiger partial charge on any atom is 0.461 e. The molecule has 4 nitrogen and oxygen atoms in total. The molecule has 0 saturated heterocycles. The van der Waals surface area contributed by atoms with E-state index < -0.39 is 24.0 Å². The number of nitrogens with zero attached hydrogens (tertiary/aromatic N) is 1. The maximum absolute atomic E-state index is 12.9. The third-order valence-electron chi connectivity index (χ3n) is 3.25. The number of benzene rings is 2. The summed E-state index contributed by atoms with van der Waals surface area (Å²) in [4.78, 5) is 14.7. The summed E-state index contributed by atoms with van der Waals surface area (Å²) in [5.74, 6) is -0.449. The Balaban J connectivity index is 1.99. The molecule has 0 bridgehead atoms. The highest BCUT2D eigenvalue weighted by molar-refractivity contribution is 6.31. The molecule has 0 spiro atoms. The molecule has 1 N–H and O–H groups in total. The minimum Gasteiger partial charge on any atom is -0.428 e. The number of halogens is 5. The van der Waals surface area contributed by atoms with Crippen LogP contribution < -0.4 is 10.4 Å². The molecule has 3 aromatic rings. The molecule has 1 aromatic heterocycles. The highest BCUT2D eigenvalue weighted by Gasteiger charge is 2.43. The fraction of sp³-hybridized carbons (Fsp3) is 0.133. The maximum atomic E-state index is 12.9. The molecular weight excluding hydrogens is 352 g/mol. The number of hydrogen-bond donors (Lipinski definition) is 1. The summed E-state index contributed by atoms with van der Waals surface area (Å²) in [6.07, 6.45) is -8.54. The van der Waals surface area contributed by atoms with Gasteiger partial charge in [-0.1, -0.05) is 11.6 Å². The van der Waals surface area contributed by atoms with Gasteiger partial charge in [0, 0.05) is 5.02 Å². The summed E-state index contributed by atoms with van der Waals surface area (Å²) in [5.41, 5.74) is 0.896. The third kappa shape index (κ3) is 2.96. The van der Waals surface area contributed by atoms with E-state index in [0.717, 1.165) is 12.1 Å². The van der Waals surface area contributed by atoms with Crippen molar-refractivity contribution in [3.63, 3.8) is 0 Å². The molecule has 24 heavy (non-hydrogen) atoms. The van der Waals surface area contributed by atoms with E-state index in [4.69, 9.17) is 11.6 Å². The summed E-state index contributed by atoms with van der Waals surface area (Å²) < 4.78 is 55.3. The van der Waals surface area contributed by atoms with Crippen LogP contribution in [0.3, 0.4) is 0 Å². The van der Waals surface area contributed by atoms with E-state index >= 15 is 0 Å². The van der Waals surface area contributed by atoms with Gasteiger partial charge in [0.05, 0.1) is 16.7 Å². The number of alkyl halides is 4. The van der Waals surface area contributed by atoms with Gasteiger partial charge in [0.25, 0.3) is 0 Å². The number of hydrogen-bond acceptors (Lipinski definition) is 2. The van der Waals surface area contributed by atoms with E-state index in [9.17, 15) is 22.4 Å². The van der Waals surface area contributed by atoms with Crippen LogP contribution in [-0.2, 0) is 0 Å². The molecule has 0 amide bonds. The highest BCUT2D eigenvalue weighted by atomic mass is 35.5. The molecule has 0 aliphatic carbocycles. The molecule has 2 aromatic carbocycles. The van der Waals surface area contributed by atoms with Crippen molar-refractivity contribution in [2.24, 2.45) is 0 Å². The Bertz CT molecular complexity index is 935. The first kappa shape index (κ1) is 16.4. The zero-order chi connectivity index (χ0) is 17.5. The molecule has 3 rings (SSSR count). The smallest absolute Gasteiger partial charge is 0.428 e. The Morgan fingerprint density at radius 2 is 1.79 bits per heavy atom. The van der Waals surface area contributed by atoms with Gasteiger partial charge in [0.2, 0.25) is 0 Å². The Morgan fingerprint density at radius 3 is 2.42 bits per heavy atom. The summed E-state index contributed by atoms with van der Waals surface area (Å²) in [6.45, 7) is 0. The molecule has 0 radical (unpaired) electrons. The van der Waals surface area contributed by atoms with Crippen LogP contribution in [0.1, 0.15) is 0 Å². The van der Waals surface area contributed by atoms with Gasteiger partial charge in [0.15, 0.2) is 0 Å². The molecule has 0 fully saturated rings. The second kappa shape index (κ2) is 5.86. The Kier molecular flexibility index (Phi) is 4.00. The van der Waals surface area contributed by atoms with Gasteiger partial charge in [-0.3, -0.25) is 4.57 Å². The van der Waals surface area contributed by atoms with E-state index in [1.54, 1.807) is 18.2 Å². The average molecular weight is 361 g/mol. The third-order valence-corrected chi connectivity index (χ3v) is 3.48. The number of imidazole rings is 1. The zero-order valence-electron chi connectivity index (χ0n) is 11.8. The first-order valence-electron chi connectivity index (χ1n) is 6.63. The summed E-state index contributed by atoms with van der Waals surface area (Å²) in [7, 11) is 0. The number of nitrogens with one attached hydrogen (secondary N) is 1. The van der Waals surface area contributed by atoms with E-state index in [2.05, 4.69) is 9.72 Å². The van der Waals surface area contributed by atoms with Crippen LogP contribution in [0.4, 0.5) is 17.6 Å². The zero-order valence-corrected chi connectivity index (χ0v) is 12.5. The SMILES string of the molecule is O=c1[nH]c2ccc(Cl)cc2n1-c1ccc(OC(F)(F)C(F)F)cc1. The molecule has 0 aliphatic heterocycles. The van der Waals surface area contributed by atoms with E-state index in [1.165, 1.54) is 16.7 Å². The van der Waals surface area contributed by atoms with E-state index in [0.29, 0.717) is 21.7 Å². The minimum atomic E-state index is -4.59. The molecule has 0 atom stereocenters. The van der Waals surface area contributed by atoms with Crippen molar-refractivity contribution >= 4 is 22.6 Å². The van der Waals surface area contributed by atoms with Crippen molar-refractivity contribution in [2.75, 3.05) is 0 Å². The highest BCUT2D eigenvalue weighted by Crippen LogP contribution is 2.28. The molecule has 126 valence electrons. The monoisotopic (exact) mass is 360 g/mol. The number of aromatic amines is 1. The topological polar surface area (TPSA) is 47.0 Å². The van der Waals surface area contributed by atoms with Crippen molar-refractivity contribution in [2.45, 2.75) is 12.5 Å². The van der Waals surface area contributed by atoms with Crippen LogP contribution in [-0.4, -0.2) is 22.1 Å². The van der Waals surface area contributed by atoms with Gasteiger partial charge in [-0.15, -0.1) is 0 Å². The number of ether oxygens (including phenoxy) is 1. The largest absolute Gasteiger partial charge is 0.461 e. The summed E-state index contributed by atoms with van der Waals surface area (Å²) >= 11 is 5.91. The van der Waals surface area contributed by atoms with Crippen LogP contribution >= 0.6 is 11.6 Å². The summed E-state index contributed by atoms with van der Waals surface area (Å²) in [5, 5.41) is 0.409. The van der Waals surface area contributed by atoms with Gasteiger partial charge < -0.3 is 9.72 Å². The van der Waals surface area contributed by atoms with Crippen LogP contribution in [0.15, 0.2) is 47.3 Å². The van der Waals surface area contributed by atoms with E-state index in [-0.39, 0.29) is 0 Å². The predicted molar refractivity (Wildman–Crippen MR) is 80.5 cm³/mol. The van der Waals surface area contributed by atoms with Gasteiger partial charge in [-0.05, 0) is 42.5 Å². The van der Waals surface area contributed by atoms with E-state index in [1.807, 2.05) is 0 Å². The first-order chi connectivity index (χ1) is 11.3. The van der Waals surface area contributed by atoms with Crippen LogP contribution in [0.25, 0.3) is 16.7 Å². The quantitative estimate of drug-likeness (QED) is 0.708. The Morgan fingerprint density at radius 1 is 1.12 bits per heavy atom. The van der Waals surface area contributed by atoms with Gasteiger partial charge in [-0.2, -0.15) is 17.6 Å². The second-order valence-corrected chi connectivity index (χ2v) is 5.32. The molecule has 9 heteroatoms. The second-order valence-electron chi connectivity index (χ2n) is 4.89. The number of rotatable bonds is 4. The van der Waals surface area contributed by atoms with Crippen molar-refractivity contribution in [1.82, 2.24) is 9.55 Å².